The van der Waals surface area contributed by atoms with E-state index in [1.165, 1.54) is 11.8 Å². The normalized spacial score (nSPS) is 12.0. The summed E-state index contributed by atoms with van der Waals surface area (Å²) in [6.07, 6.45) is 0.948. The van der Waals surface area contributed by atoms with Gasteiger partial charge in [-0.3, -0.25) is 4.79 Å². The number of amides is 1. The van der Waals surface area contributed by atoms with Crippen molar-refractivity contribution in [2.75, 3.05) is 5.75 Å². The van der Waals surface area contributed by atoms with E-state index in [9.17, 15) is 4.79 Å². The van der Waals surface area contributed by atoms with Crippen LogP contribution in [0.25, 0.3) is 11.4 Å². The molecule has 7 heteroatoms. The Bertz CT molecular complexity index is 912. The number of carbonyl (C=O) groups is 1. The van der Waals surface area contributed by atoms with Gasteiger partial charge in [-0.05, 0) is 43.2 Å². The number of hydrogen-bond donors (Lipinski definition) is 1. The molecule has 0 aliphatic rings. The van der Waals surface area contributed by atoms with E-state index < -0.39 is 0 Å². The van der Waals surface area contributed by atoms with Crippen molar-refractivity contribution in [3.05, 3.63) is 65.2 Å². The summed E-state index contributed by atoms with van der Waals surface area (Å²) in [5.74, 6) is 1.05. The van der Waals surface area contributed by atoms with Crippen LogP contribution in [0.4, 0.5) is 0 Å². The van der Waals surface area contributed by atoms with Crippen LogP contribution >= 0.6 is 23.4 Å². The second kappa shape index (κ2) is 9.75. The molecule has 0 radical (unpaired) electrons. The molecule has 0 aliphatic heterocycles. The molecule has 1 aromatic heterocycles. The zero-order chi connectivity index (χ0) is 19.9. The van der Waals surface area contributed by atoms with Gasteiger partial charge in [-0.15, -0.1) is 10.2 Å². The Morgan fingerprint density at radius 2 is 1.86 bits per heavy atom. The smallest absolute Gasteiger partial charge is 0.230 e. The third kappa shape index (κ3) is 5.14. The van der Waals surface area contributed by atoms with Gasteiger partial charge in [0.1, 0.15) is 0 Å². The fourth-order valence-electron chi connectivity index (χ4n) is 2.87. The lowest BCUT2D eigenvalue weighted by atomic mass is 10.1. The first-order valence-electron chi connectivity index (χ1n) is 9.24. The van der Waals surface area contributed by atoms with Crippen LogP contribution in [0, 0.1) is 0 Å². The SMILES string of the molecule is CCCn1c(SCC(=O)N[C@H](C)c2ccccc2)nnc1-c1ccc(Cl)cc1. The van der Waals surface area contributed by atoms with Crippen LogP contribution in [-0.4, -0.2) is 26.4 Å². The van der Waals surface area contributed by atoms with Crippen LogP contribution in [0.1, 0.15) is 31.9 Å². The van der Waals surface area contributed by atoms with Gasteiger partial charge in [0.2, 0.25) is 5.91 Å². The molecule has 0 saturated carbocycles. The number of rotatable bonds is 8. The number of halogens is 1. The van der Waals surface area contributed by atoms with E-state index in [-0.39, 0.29) is 11.9 Å². The van der Waals surface area contributed by atoms with Gasteiger partial charge in [0.05, 0.1) is 11.8 Å². The number of thioether (sulfide) groups is 1. The van der Waals surface area contributed by atoms with Crippen molar-refractivity contribution in [3.8, 4) is 11.4 Å². The summed E-state index contributed by atoms with van der Waals surface area (Å²) in [4.78, 5) is 12.4. The molecule has 1 amide bonds. The molecule has 0 aliphatic carbocycles. The van der Waals surface area contributed by atoms with Gasteiger partial charge < -0.3 is 9.88 Å². The van der Waals surface area contributed by atoms with Crippen molar-refractivity contribution in [1.29, 1.82) is 0 Å². The summed E-state index contributed by atoms with van der Waals surface area (Å²) < 4.78 is 2.06. The first-order valence-corrected chi connectivity index (χ1v) is 10.6. The van der Waals surface area contributed by atoms with E-state index in [0.717, 1.165) is 35.1 Å². The second-order valence-electron chi connectivity index (χ2n) is 6.45. The molecule has 1 atom stereocenters. The molecule has 0 saturated heterocycles. The highest BCUT2D eigenvalue weighted by molar-refractivity contribution is 7.99. The van der Waals surface area contributed by atoms with Crippen molar-refractivity contribution >= 4 is 29.3 Å². The number of nitrogens with one attached hydrogen (secondary N) is 1. The fourth-order valence-corrected chi connectivity index (χ4v) is 3.77. The van der Waals surface area contributed by atoms with Crippen LogP contribution in [-0.2, 0) is 11.3 Å². The van der Waals surface area contributed by atoms with Gasteiger partial charge in [0, 0.05) is 17.1 Å². The van der Waals surface area contributed by atoms with E-state index in [4.69, 9.17) is 11.6 Å². The maximum absolute atomic E-state index is 12.4. The van der Waals surface area contributed by atoms with Crippen LogP contribution in [0.5, 0.6) is 0 Å². The van der Waals surface area contributed by atoms with Gasteiger partial charge >= 0.3 is 0 Å². The molecule has 1 heterocycles. The molecule has 0 spiro atoms. The molecule has 3 rings (SSSR count). The minimum Gasteiger partial charge on any atom is -0.349 e. The molecule has 1 N–H and O–H groups in total. The molecule has 0 fully saturated rings. The number of benzene rings is 2. The Morgan fingerprint density at radius 3 is 2.54 bits per heavy atom. The Balaban J connectivity index is 1.67. The minimum atomic E-state index is -0.0348. The molecule has 2 aromatic carbocycles. The zero-order valence-corrected chi connectivity index (χ0v) is 17.5. The quantitative estimate of drug-likeness (QED) is 0.528. The van der Waals surface area contributed by atoms with E-state index >= 15 is 0 Å². The van der Waals surface area contributed by atoms with Crippen LogP contribution < -0.4 is 5.32 Å². The lowest BCUT2D eigenvalue weighted by molar-refractivity contribution is -0.119. The van der Waals surface area contributed by atoms with E-state index in [0.29, 0.717) is 10.8 Å². The Labute approximate surface area is 174 Å². The average Bonchev–Trinajstić information content (AvgIpc) is 3.10. The second-order valence-corrected chi connectivity index (χ2v) is 7.83. The van der Waals surface area contributed by atoms with Gasteiger partial charge in [-0.1, -0.05) is 60.6 Å². The maximum Gasteiger partial charge on any atom is 0.230 e. The Hall–Kier alpha value is -2.31. The lowest BCUT2D eigenvalue weighted by Gasteiger charge is -2.14. The van der Waals surface area contributed by atoms with E-state index in [1.807, 2.05) is 61.5 Å². The van der Waals surface area contributed by atoms with Gasteiger partial charge in [0.15, 0.2) is 11.0 Å². The molecule has 3 aromatic rings. The minimum absolute atomic E-state index is 0.0274. The summed E-state index contributed by atoms with van der Waals surface area (Å²) in [6, 6.07) is 17.4. The standard InChI is InChI=1S/C21H23ClN4OS/c1-3-13-26-20(17-9-11-18(22)12-10-17)24-25-21(26)28-14-19(27)23-15(2)16-7-5-4-6-8-16/h4-12,15H,3,13-14H2,1-2H3,(H,23,27)/t15-/m1/s1. The largest absolute Gasteiger partial charge is 0.349 e. The molecule has 0 unspecified atom stereocenters. The van der Waals surface area contributed by atoms with Crippen molar-refractivity contribution in [2.24, 2.45) is 0 Å². The average molecular weight is 415 g/mol. The summed E-state index contributed by atoms with van der Waals surface area (Å²) >= 11 is 7.39. The molecular formula is C21H23ClN4OS. The van der Waals surface area contributed by atoms with Crippen LogP contribution in [0.3, 0.4) is 0 Å². The van der Waals surface area contributed by atoms with Crippen molar-refractivity contribution < 1.29 is 4.79 Å². The topological polar surface area (TPSA) is 59.8 Å². The Kier molecular flexibility index (Phi) is 7.12. The summed E-state index contributed by atoms with van der Waals surface area (Å²) in [5, 5.41) is 13.1. The fraction of sp³-hybridized carbons (Fsp3) is 0.286. The molecule has 146 valence electrons. The highest BCUT2D eigenvalue weighted by atomic mass is 35.5. The predicted octanol–water partition coefficient (Wildman–Crippen LogP) is 4.98. The first kappa shape index (κ1) is 20.4. The van der Waals surface area contributed by atoms with Crippen LogP contribution in [0.2, 0.25) is 5.02 Å². The third-order valence-corrected chi connectivity index (χ3v) is 5.49. The molecular weight excluding hydrogens is 392 g/mol. The molecule has 5 nitrogen and oxygen atoms in total. The highest BCUT2D eigenvalue weighted by Crippen LogP contribution is 2.25. The Morgan fingerprint density at radius 1 is 1.14 bits per heavy atom. The van der Waals surface area contributed by atoms with Crippen molar-refractivity contribution in [1.82, 2.24) is 20.1 Å². The van der Waals surface area contributed by atoms with Crippen molar-refractivity contribution in [2.45, 2.75) is 38.0 Å². The number of nitrogens with zero attached hydrogens (tertiary/aromatic N) is 3. The summed E-state index contributed by atoms with van der Waals surface area (Å²) in [6.45, 7) is 4.87. The van der Waals surface area contributed by atoms with Gasteiger partial charge in [-0.25, -0.2) is 0 Å². The monoisotopic (exact) mass is 414 g/mol. The lowest BCUT2D eigenvalue weighted by Crippen LogP contribution is -2.28. The molecule has 0 bridgehead atoms. The predicted molar refractivity (Wildman–Crippen MR) is 114 cm³/mol. The molecule has 28 heavy (non-hydrogen) atoms. The zero-order valence-electron chi connectivity index (χ0n) is 15.9. The van der Waals surface area contributed by atoms with Crippen molar-refractivity contribution in [3.63, 3.8) is 0 Å². The van der Waals surface area contributed by atoms with E-state index in [2.05, 4.69) is 27.0 Å². The maximum atomic E-state index is 12.4. The first-order chi connectivity index (χ1) is 13.6. The number of carbonyl (C=O) groups excluding carboxylic acids is 1. The third-order valence-electron chi connectivity index (χ3n) is 4.28. The summed E-state index contributed by atoms with van der Waals surface area (Å²) in [5.41, 5.74) is 2.04. The van der Waals surface area contributed by atoms with Gasteiger partial charge in [-0.2, -0.15) is 0 Å². The summed E-state index contributed by atoms with van der Waals surface area (Å²) in [7, 11) is 0. The van der Waals surface area contributed by atoms with Crippen LogP contribution in [0.15, 0.2) is 59.8 Å². The highest BCUT2D eigenvalue weighted by Gasteiger charge is 2.16. The number of hydrogen-bond acceptors (Lipinski definition) is 4. The van der Waals surface area contributed by atoms with E-state index in [1.54, 1.807) is 0 Å². The van der Waals surface area contributed by atoms with Gasteiger partial charge in [0.25, 0.3) is 0 Å². The number of aromatic nitrogens is 3.